The number of imidazole rings is 1. The second-order valence-corrected chi connectivity index (χ2v) is 5.21. The molecule has 0 amide bonds. The van der Waals surface area contributed by atoms with Crippen LogP contribution in [0, 0.1) is 6.92 Å². The van der Waals surface area contributed by atoms with Crippen molar-refractivity contribution in [3.05, 3.63) is 47.8 Å². The minimum Gasteiger partial charge on any atom is -0.369 e. The van der Waals surface area contributed by atoms with Gasteiger partial charge in [-0.3, -0.25) is 4.98 Å². The normalized spacial score (nSPS) is 22.3. The second-order valence-electron chi connectivity index (χ2n) is 5.21. The van der Waals surface area contributed by atoms with Gasteiger partial charge in [0, 0.05) is 50.5 Å². The van der Waals surface area contributed by atoms with Gasteiger partial charge in [0.05, 0.1) is 0 Å². The molecule has 0 spiro atoms. The molecule has 2 aromatic rings. The standard InChI is InChI=1S/C15H20N4O/c1-11-12(4-3-6-16-11)10-18-13-5-9-20-14(13)15-17-7-8-19(15)2/h3-4,6-8,13-14,18H,5,9-10H2,1-2H3/t13-,14-/m0/s1. The van der Waals surface area contributed by atoms with Gasteiger partial charge in [0.15, 0.2) is 0 Å². The van der Waals surface area contributed by atoms with Gasteiger partial charge in [-0.25, -0.2) is 4.98 Å². The maximum absolute atomic E-state index is 5.85. The van der Waals surface area contributed by atoms with Gasteiger partial charge in [-0.1, -0.05) is 6.07 Å². The summed E-state index contributed by atoms with van der Waals surface area (Å²) in [5.41, 5.74) is 2.31. The van der Waals surface area contributed by atoms with Crippen LogP contribution in [-0.4, -0.2) is 27.2 Å². The number of hydrogen-bond donors (Lipinski definition) is 1. The molecule has 0 aliphatic carbocycles. The Kier molecular flexibility index (Phi) is 3.80. The summed E-state index contributed by atoms with van der Waals surface area (Å²) in [5.74, 6) is 0.989. The summed E-state index contributed by atoms with van der Waals surface area (Å²) in [4.78, 5) is 8.73. The molecule has 0 bridgehead atoms. The molecule has 0 radical (unpaired) electrons. The fourth-order valence-electron chi connectivity index (χ4n) is 2.65. The molecule has 2 aromatic heterocycles. The van der Waals surface area contributed by atoms with Crippen LogP contribution < -0.4 is 5.32 Å². The molecule has 1 fully saturated rings. The molecule has 1 aliphatic heterocycles. The third kappa shape index (κ3) is 2.59. The number of rotatable bonds is 4. The largest absolute Gasteiger partial charge is 0.369 e. The minimum absolute atomic E-state index is 0.0342. The molecule has 1 aliphatic rings. The van der Waals surface area contributed by atoms with Gasteiger partial charge in [0.25, 0.3) is 0 Å². The Balaban J connectivity index is 1.68. The number of nitrogens with zero attached hydrogens (tertiary/aromatic N) is 3. The average molecular weight is 272 g/mol. The van der Waals surface area contributed by atoms with Crippen molar-refractivity contribution in [2.75, 3.05) is 6.61 Å². The van der Waals surface area contributed by atoms with E-state index < -0.39 is 0 Å². The SMILES string of the molecule is Cc1ncccc1CN[C@H]1CCO[C@@H]1c1nccn1C. The first-order valence-electron chi connectivity index (χ1n) is 6.98. The van der Waals surface area contributed by atoms with Crippen molar-refractivity contribution >= 4 is 0 Å². The van der Waals surface area contributed by atoms with Gasteiger partial charge in [0.2, 0.25) is 0 Å². The summed E-state index contributed by atoms with van der Waals surface area (Å²) in [6.07, 6.45) is 6.65. The summed E-state index contributed by atoms with van der Waals surface area (Å²) >= 11 is 0. The molecule has 0 unspecified atom stereocenters. The monoisotopic (exact) mass is 272 g/mol. The molecule has 3 heterocycles. The molecular weight excluding hydrogens is 252 g/mol. The van der Waals surface area contributed by atoms with Gasteiger partial charge < -0.3 is 14.6 Å². The van der Waals surface area contributed by atoms with Gasteiger partial charge in [-0.2, -0.15) is 0 Å². The first-order chi connectivity index (χ1) is 9.75. The van der Waals surface area contributed by atoms with Crippen molar-refractivity contribution in [2.45, 2.75) is 32.0 Å². The number of pyridine rings is 1. The van der Waals surface area contributed by atoms with E-state index in [-0.39, 0.29) is 6.10 Å². The van der Waals surface area contributed by atoms with Crippen LogP contribution in [0.5, 0.6) is 0 Å². The number of ether oxygens (including phenoxy) is 1. The van der Waals surface area contributed by atoms with Crippen LogP contribution in [-0.2, 0) is 18.3 Å². The highest BCUT2D eigenvalue weighted by molar-refractivity contribution is 5.18. The Morgan fingerprint density at radius 1 is 1.40 bits per heavy atom. The van der Waals surface area contributed by atoms with E-state index in [4.69, 9.17) is 4.74 Å². The van der Waals surface area contributed by atoms with Crippen LogP contribution >= 0.6 is 0 Å². The highest BCUT2D eigenvalue weighted by Crippen LogP contribution is 2.28. The molecule has 0 saturated carbocycles. The molecule has 3 rings (SSSR count). The molecule has 1 N–H and O–H groups in total. The lowest BCUT2D eigenvalue weighted by molar-refractivity contribution is 0.0893. The predicted molar refractivity (Wildman–Crippen MR) is 76.1 cm³/mol. The molecule has 1 saturated heterocycles. The van der Waals surface area contributed by atoms with Gasteiger partial charge >= 0.3 is 0 Å². The maximum Gasteiger partial charge on any atom is 0.139 e. The number of nitrogens with one attached hydrogen (secondary N) is 1. The first kappa shape index (κ1) is 13.3. The predicted octanol–water partition coefficient (Wildman–Crippen LogP) is 1.74. The third-order valence-electron chi connectivity index (χ3n) is 3.88. The summed E-state index contributed by atoms with van der Waals surface area (Å²) in [6.45, 7) is 3.63. The number of hydrogen-bond acceptors (Lipinski definition) is 4. The van der Waals surface area contributed by atoms with E-state index in [1.54, 1.807) is 0 Å². The Bertz CT molecular complexity index is 581. The molecule has 5 heteroatoms. The Hall–Kier alpha value is -1.72. The second kappa shape index (κ2) is 5.73. The van der Waals surface area contributed by atoms with Crippen molar-refractivity contribution in [3.63, 3.8) is 0 Å². The number of aryl methyl sites for hydroxylation is 2. The lowest BCUT2D eigenvalue weighted by atomic mass is 10.1. The Morgan fingerprint density at radius 3 is 3.05 bits per heavy atom. The number of aromatic nitrogens is 3. The summed E-state index contributed by atoms with van der Waals surface area (Å²) in [6, 6.07) is 4.39. The zero-order chi connectivity index (χ0) is 13.9. The summed E-state index contributed by atoms with van der Waals surface area (Å²) < 4.78 is 7.88. The van der Waals surface area contributed by atoms with Crippen molar-refractivity contribution in [2.24, 2.45) is 7.05 Å². The van der Waals surface area contributed by atoms with E-state index in [0.29, 0.717) is 6.04 Å². The summed E-state index contributed by atoms with van der Waals surface area (Å²) in [5, 5.41) is 3.59. The first-order valence-corrected chi connectivity index (χ1v) is 6.98. The van der Waals surface area contributed by atoms with E-state index in [0.717, 1.165) is 31.1 Å². The van der Waals surface area contributed by atoms with E-state index in [1.807, 2.05) is 43.2 Å². The maximum atomic E-state index is 5.85. The molecule has 0 aromatic carbocycles. The lowest BCUT2D eigenvalue weighted by Crippen LogP contribution is -2.32. The van der Waals surface area contributed by atoms with Crippen LogP contribution in [0.3, 0.4) is 0 Å². The Labute approximate surface area is 119 Å². The van der Waals surface area contributed by atoms with Gasteiger partial charge in [-0.15, -0.1) is 0 Å². The van der Waals surface area contributed by atoms with Crippen LogP contribution in [0.2, 0.25) is 0 Å². The summed E-state index contributed by atoms with van der Waals surface area (Å²) in [7, 11) is 2.01. The topological polar surface area (TPSA) is 52.0 Å². The van der Waals surface area contributed by atoms with E-state index in [1.165, 1.54) is 5.56 Å². The highest BCUT2D eigenvalue weighted by Gasteiger charge is 2.31. The van der Waals surface area contributed by atoms with Crippen molar-refractivity contribution in [3.8, 4) is 0 Å². The average Bonchev–Trinajstić information content (AvgIpc) is 3.06. The van der Waals surface area contributed by atoms with Crippen molar-refractivity contribution in [1.29, 1.82) is 0 Å². The lowest BCUT2D eigenvalue weighted by Gasteiger charge is -2.20. The molecular formula is C15H20N4O. The molecule has 106 valence electrons. The van der Waals surface area contributed by atoms with Crippen LogP contribution in [0.1, 0.15) is 29.6 Å². The zero-order valence-corrected chi connectivity index (χ0v) is 11.9. The van der Waals surface area contributed by atoms with Crippen LogP contribution in [0.25, 0.3) is 0 Å². The quantitative estimate of drug-likeness (QED) is 0.921. The third-order valence-corrected chi connectivity index (χ3v) is 3.88. The van der Waals surface area contributed by atoms with Crippen LogP contribution in [0.15, 0.2) is 30.7 Å². The van der Waals surface area contributed by atoms with Gasteiger partial charge in [0.1, 0.15) is 11.9 Å². The van der Waals surface area contributed by atoms with E-state index in [2.05, 4.69) is 21.4 Å². The highest BCUT2D eigenvalue weighted by atomic mass is 16.5. The zero-order valence-electron chi connectivity index (χ0n) is 11.9. The van der Waals surface area contributed by atoms with Crippen molar-refractivity contribution < 1.29 is 4.74 Å². The molecule has 5 nitrogen and oxygen atoms in total. The van der Waals surface area contributed by atoms with Crippen molar-refractivity contribution in [1.82, 2.24) is 19.9 Å². The fraction of sp³-hybridized carbons (Fsp3) is 0.467. The van der Waals surface area contributed by atoms with Crippen LogP contribution in [0.4, 0.5) is 0 Å². The van der Waals surface area contributed by atoms with E-state index in [9.17, 15) is 0 Å². The molecule has 20 heavy (non-hydrogen) atoms. The van der Waals surface area contributed by atoms with E-state index >= 15 is 0 Å². The molecule has 2 atom stereocenters. The Morgan fingerprint density at radius 2 is 2.30 bits per heavy atom. The minimum atomic E-state index is 0.0342. The fourth-order valence-corrected chi connectivity index (χ4v) is 2.65. The van der Waals surface area contributed by atoms with Gasteiger partial charge in [-0.05, 0) is 25.0 Å². The smallest absolute Gasteiger partial charge is 0.139 e.